The summed E-state index contributed by atoms with van der Waals surface area (Å²) in [5.74, 6) is -0.658. The molecule has 0 spiro atoms. The molecule has 1 fully saturated rings. The molecule has 5 unspecified atom stereocenters. The van der Waals surface area contributed by atoms with Crippen molar-refractivity contribution in [3.05, 3.63) is 0 Å². The topological polar surface area (TPSA) is 134 Å². The fourth-order valence-electron chi connectivity index (χ4n) is 1.74. The van der Waals surface area contributed by atoms with Crippen LogP contribution in [0.3, 0.4) is 0 Å². The highest BCUT2D eigenvalue weighted by Crippen LogP contribution is 2.21. The van der Waals surface area contributed by atoms with Gasteiger partial charge in [-0.1, -0.05) is 0 Å². The van der Waals surface area contributed by atoms with Crippen LogP contribution < -0.4 is 11.1 Å². The fraction of sp³-hybridized carbons (Fsp3) is 0.900. The molecule has 0 aromatic rings. The first-order valence-corrected chi connectivity index (χ1v) is 5.71. The van der Waals surface area contributed by atoms with Gasteiger partial charge < -0.3 is 35.8 Å². The predicted molar refractivity (Wildman–Crippen MR) is 60.4 cm³/mol. The van der Waals surface area contributed by atoms with Gasteiger partial charge in [0.2, 0.25) is 5.91 Å². The van der Waals surface area contributed by atoms with Crippen molar-refractivity contribution in [2.24, 2.45) is 5.73 Å². The lowest BCUT2D eigenvalue weighted by Gasteiger charge is -2.37. The highest BCUT2D eigenvalue weighted by Gasteiger charge is 2.38. The molecule has 1 aliphatic rings. The molecule has 1 heterocycles. The third-order valence-corrected chi connectivity index (χ3v) is 2.74. The first-order chi connectivity index (χ1) is 8.49. The molecule has 0 bridgehead atoms. The van der Waals surface area contributed by atoms with E-state index in [1.165, 1.54) is 0 Å². The van der Waals surface area contributed by atoms with E-state index < -0.39 is 43.2 Å². The average Bonchev–Trinajstić information content (AvgIpc) is 2.32. The van der Waals surface area contributed by atoms with Crippen molar-refractivity contribution < 1.29 is 29.6 Å². The third-order valence-electron chi connectivity index (χ3n) is 2.74. The minimum absolute atomic E-state index is 0.00512. The Balaban J connectivity index is 2.58. The van der Waals surface area contributed by atoms with Gasteiger partial charge in [-0.05, 0) is 7.05 Å². The van der Waals surface area contributed by atoms with E-state index in [-0.39, 0.29) is 13.0 Å². The number of carbonyl (C=O) groups is 1. The van der Waals surface area contributed by atoms with Crippen LogP contribution in [-0.2, 0) is 14.3 Å². The standard InChI is InChI=1S/C10H20N2O6/c1-12-3-6(10(11)16)17-8-2-5(14)9(15)7(4-13)18-8/h5-9,12-15H,2-4H2,1H3,(H2,11,16). The Hall–Kier alpha value is -0.770. The number of nitrogens with two attached hydrogens (primary N) is 1. The molecular formula is C10H20N2O6. The summed E-state index contributed by atoms with van der Waals surface area (Å²) in [6.07, 6.45) is -4.99. The normalized spacial score (nSPS) is 34.2. The summed E-state index contributed by atoms with van der Waals surface area (Å²) in [5.41, 5.74) is 5.15. The minimum atomic E-state index is -1.17. The summed E-state index contributed by atoms with van der Waals surface area (Å²) in [6, 6.07) is 0. The van der Waals surface area contributed by atoms with Crippen molar-refractivity contribution in [1.29, 1.82) is 0 Å². The minimum Gasteiger partial charge on any atom is -0.394 e. The summed E-state index contributed by atoms with van der Waals surface area (Å²) in [5, 5.41) is 30.8. The van der Waals surface area contributed by atoms with Gasteiger partial charge in [-0.2, -0.15) is 0 Å². The fourth-order valence-corrected chi connectivity index (χ4v) is 1.74. The molecule has 1 saturated heterocycles. The van der Waals surface area contributed by atoms with E-state index in [1.807, 2.05) is 0 Å². The van der Waals surface area contributed by atoms with Crippen LogP contribution in [0, 0.1) is 0 Å². The first kappa shape index (κ1) is 15.3. The largest absolute Gasteiger partial charge is 0.394 e. The lowest BCUT2D eigenvalue weighted by atomic mass is 10.0. The maximum absolute atomic E-state index is 11.1. The zero-order valence-corrected chi connectivity index (χ0v) is 10.2. The Morgan fingerprint density at radius 2 is 2.28 bits per heavy atom. The van der Waals surface area contributed by atoms with Gasteiger partial charge in [0.15, 0.2) is 12.4 Å². The van der Waals surface area contributed by atoms with Crippen LogP contribution in [0.5, 0.6) is 0 Å². The number of carbonyl (C=O) groups excluding carboxylic acids is 1. The molecule has 0 radical (unpaired) electrons. The van der Waals surface area contributed by atoms with Crippen molar-refractivity contribution in [1.82, 2.24) is 5.32 Å². The zero-order valence-electron chi connectivity index (χ0n) is 10.2. The SMILES string of the molecule is CNCC(OC1CC(O)C(O)C(CO)O1)C(N)=O. The maximum Gasteiger partial charge on any atom is 0.248 e. The quantitative estimate of drug-likeness (QED) is 0.343. The lowest BCUT2D eigenvalue weighted by molar-refractivity contribution is -0.266. The van der Waals surface area contributed by atoms with E-state index in [2.05, 4.69) is 5.32 Å². The maximum atomic E-state index is 11.1. The molecule has 0 aromatic heterocycles. The van der Waals surface area contributed by atoms with E-state index in [4.69, 9.17) is 20.3 Å². The van der Waals surface area contributed by atoms with Crippen LogP contribution in [0.2, 0.25) is 0 Å². The zero-order chi connectivity index (χ0) is 13.7. The first-order valence-electron chi connectivity index (χ1n) is 5.71. The summed E-state index contributed by atoms with van der Waals surface area (Å²) in [6.45, 7) is -0.247. The average molecular weight is 264 g/mol. The Bertz CT molecular complexity index is 277. The second-order valence-corrected chi connectivity index (χ2v) is 4.17. The summed E-state index contributed by atoms with van der Waals surface area (Å²) in [4.78, 5) is 11.1. The molecule has 1 amide bonds. The number of primary amides is 1. The molecule has 106 valence electrons. The second kappa shape index (κ2) is 6.98. The highest BCUT2D eigenvalue weighted by molar-refractivity contribution is 5.79. The van der Waals surface area contributed by atoms with Gasteiger partial charge in [0, 0.05) is 13.0 Å². The van der Waals surface area contributed by atoms with Gasteiger partial charge >= 0.3 is 0 Å². The third kappa shape index (κ3) is 3.87. The van der Waals surface area contributed by atoms with E-state index >= 15 is 0 Å². The number of amides is 1. The molecule has 8 nitrogen and oxygen atoms in total. The smallest absolute Gasteiger partial charge is 0.248 e. The number of likely N-dealkylation sites (N-methyl/N-ethyl adjacent to an activating group) is 1. The van der Waals surface area contributed by atoms with E-state index in [1.54, 1.807) is 7.05 Å². The van der Waals surface area contributed by atoms with E-state index in [0.717, 1.165) is 0 Å². The van der Waals surface area contributed by atoms with E-state index in [9.17, 15) is 15.0 Å². The molecule has 1 rings (SSSR count). The highest BCUT2D eigenvalue weighted by atomic mass is 16.7. The van der Waals surface area contributed by atoms with Gasteiger partial charge in [0.05, 0.1) is 12.7 Å². The molecule has 6 N–H and O–H groups in total. The van der Waals surface area contributed by atoms with Gasteiger partial charge in [-0.25, -0.2) is 0 Å². The Morgan fingerprint density at radius 1 is 1.61 bits per heavy atom. The number of nitrogens with one attached hydrogen (secondary N) is 1. The molecule has 0 aliphatic carbocycles. The Morgan fingerprint density at radius 3 is 2.78 bits per heavy atom. The van der Waals surface area contributed by atoms with Crippen molar-refractivity contribution in [3.63, 3.8) is 0 Å². The van der Waals surface area contributed by atoms with Crippen LogP contribution in [0.4, 0.5) is 0 Å². The molecule has 8 heteroatoms. The lowest BCUT2D eigenvalue weighted by Crippen LogP contribution is -2.52. The summed E-state index contributed by atoms with van der Waals surface area (Å²) < 4.78 is 10.5. The number of aliphatic hydroxyl groups is 3. The number of rotatable bonds is 6. The number of hydrogen-bond acceptors (Lipinski definition) is 7. The predicted octanol–water partition coefficient (Wildman–Crippen LogP) is -3.09. The van der Waals surface area contributed by atoms with Gasteiger partial charge in [0.1, 0.15) is 12.2 Å². The Labute approximate surface area is 105 Å². The monoisotopic (exact) mass is 264 g/mol. The van der Waals surface area contributed by atoms with Crippen LogP contribution in [0.1, 0.15) is 6.42 Å². The van der Waals surface area contributed by atoms with Crippen molar-refractivity contribution >= 4 is 5.91 Å². The molecule has 0 saturated carbocycles. The Kier molecular flexibility index (Phi) is 5.93. The van der Waals surface area contributed by atoms with Crippen molar-refractivity contribution in [2.75, 3.05) is 20.2 Å². The number of hydrogen-bond donors (Lipinski definition) is 5. The van der Waals surface area contributed by atoms with Crippen molar-refractivity contribution in [3.8, 4) is 0 Å². The van der Waals surface area contributed by atoms with Crippen molar-refractivity contribution in [2.45, 2.75) is 37.1 Å². The van der Waals surface area contributed by atoms with Crippen LogP contribution >= 0.6 is 0 Å². The summed E-state index contributed by atoms with van der Waals surface area (Å²) in [7, 11) is 1.64. The van der Waals surface area contributed by atoms with Crippen LogP contribution in [-0.4, -0.2) is 72.1 Å². The second-order valence-electron chi connectivity index (χ2n) is 4.17. The molecular weight excluding hydrogens is 244 g/mol. The molecule has 0 aromatic carbocycles. The van der Waals surface area contributed by atoms with E-state index in [0.29, 0.717) is 0 Å². The molecule has 1 aliphatic heterocycles. The van der Waals surface area contributed by atoms with Gasteiger partial charge in [0.25, 0.3) is 0 Å². The summed E-state index contributed by atoms with van der Waals surface area (Å²) >= 11 is 0. The van der Waals surface area contributed by atoms with Gasteiger partial charge in [-0.3, -0.25) is 4.79 Å². The van der Waals surface area contributed by atoms with Gasteiger partial charge in [-0.15, -0.1) is 0 Å². The number of aliphatic hydroxyl groups excluding tert-OH is 3. The van der Waals surface area contributed by atoms with Crippen LogP contribution in [0.15, 0.2) is 0 Å². The van der Waals surface area contributed by atoms with Crippen LogP contribution in [0.25, 0.3) is 0 Å². The molecule has 5 atom stereocenters. The molecule has 18 heavy (non-hydrogen) atoms. The number of ether oxygens (including phenoxy) is 2.